The van der Waals surface area contributed by atoms with Gasteiger partial charge in [0.1, 0.15) is 17.7 Å². The second-order valence-corrected chi connectivity index (χ2v) is 11.6. The minimum absolute atomic E-state index is 0.0175. The Hall–Kier alpha value is -3.35. The summed E-state index contributed by atoms with van der Waals surface area (Å²) in [6, 6.07) is 15.7. The van der Waals surface area contributed by atoms with Crippen LogP contribution in [0, 0.1) is 0 Å². The van der Waals surface area contributed by atoms with Crippen LogP contribution in [-0.2, 0) is 27.2 Å². The lowest BCUT2D eigenvalue weighted by Gasteiger charge is -2.35. The lowest BCUT2D eigenvalue weighted by molar-refractivity contribution is -0.143. The zero-order valence-electron chi connectivity index (χ0n) is 24.3. The monoisotopic (exact) mass is 535 g/mol. The number of aryl methyl sites for hydroxylation is 1. The van der Waals surface area contributed by atoms with Crippen LogP contribution >= 0.6 is 0 Å². The molecule has 7 heteroatoms. The molecule has 0 saturated heterocycles. The van der Waals surface area contributed by atoms with E-state index in [1.807, 2.05) is 61.5 Å². The third-order valence-electron chi connectivity index (χ3n) is 6.81. The number of alkyl carbamates (subject to hydrolysis) is 1. The van der Waals surface area contributed by atoms with Gasteiger partial charge in [0.2, 0.25) is 11.8 Å². The molecular formula is C32H45N3O4. The van der Waals surface area contributed by atoms with Gasteiger partial charge in [0, 0.05) is 18.5 Å². The fraction of sp³-hybridized carbons (Fsp3) is 0.531. The minimum Gasteiger partial charge on any atom is -0.444 e. The number of hydrogen-bond donors (Lipinski definition) is 2. The molecule has 2 N–H and O–H groups in total. The summed E-state index contributed by atoms with van der Waals surface area (Å²) in [4.78, 5) is 42.8. The molecular weight excluding hydrogens is 490 g/mol. The lowest BCUT2D eigenvalue weighted by Crippen LogP contribution is -2.55. The van der Waals surface area contributed by atoms with Crippen LogP contribution in [0.5, 0.6) is 0 Å². The van der Waals surface area contributed by atoms with E-state index in [1.54, 1.807) is 25.7 Å². The molecule has 212 valence electrons. The smallest absolute Gasteiger partial charge is 0.408 e. The molecule has 0 heterocycles. The largest absolute Gasteiger partial charge is 0.444 e. The first-order valence-electron chi connectivity index (χ1n) is 14.3. The highest BCUT2D eigenvalue weighted by Crippen LogP contribution is 2.36. The van der Waals surface area contributed by atoms with Crippen molar-refractivity contribution in [2.24, 2.45) is 0 Å². The van der Waals surface area contributed by atoms with Gasteiger partial charge in [-0.25, -0.2) is 4.79 Å². The Kier molecular flexibility index (Phi) is 10.6. The third kappa shape index (κ3) is 9.12. The molecule has 3 amide bonds. The molecule has 2 aromatic carbocycles. The number of carbonyl (C=O) groups excluding carboxylic acids is 3. The molecule has 0 bridgehead atoms. The summed E-state index contributed by atoms with van der Waals surface area (Å²) >= 11 is 0. The number of carbonyl (C=O) groups is 3. The van der Waals surface area contributed by atoms with Crippen LogP contribution in [0.1, 0.15) is 90.0 Å². The van der Waals surface area contributed by atoms with Crippen LogP contribution in [0.3, 0.4) is 0 Å². The SMILES string of the molecule is CCCC(C)NC(=O)C(c1ccc(CC)cc1)N(C(=O)C(Cc1ccccc1)NC(=O)OC(C)(C)C)C1CC1. The first-order chi connectivity index (χ1) is 18.5. The molecule has 2 aromatic rings. The van der Waals surface area contributed by atoms with Gasteiger partial charge in [-0.3, -0.25) is 9.59 Å². The molecule has 1 fully saturated rings. The van der Waals surface area contributed by atoms with Gasteiger partial charge in [-0.15, -0.1) is 0 Å². The molecule has 0 spiro atoms. The highest BCUT2D eigenvalue weighted by molar-refractivity contribution is 5.93. The van der Waals surface area contributed by atoms with Crippen molar-refractivity contribution in [1.82, 2.24) is 15.5 Å². The Morgan fingerprint density at radius 1 is 0.949 bits per heavy atom. The highest BCUT2D eigenvalue weighted by atomic mass is 16.6. The molecule has 1 aliphatic rings. The van der Waals surface area contributed by atoms with Crippen molar-refractivity contribution in [2.45, 2.75) is 110 Å². The molecule has 1 saturated carbocycles. The predicted octanol–water partition coefficient (Wildman–Crippen LogP) is 5.72. The topological polar surface area (TPSA) is 87.7 Å². The van der Waals surface area contributed by atoms with E-state index in [4.69, 9.17) is 4.74 Å². The van der Waals surface area contributed by atoms with E-state index in [1.165, 1.54) is 0 Å². The van der Waals surface area contributed by atoms with Gasteiger partial charge in [-0.1, -0.05) is 74.9 Å². The van der Waals surface area contributed by atoms with E-state index < -0.39 is 23.8 Å². The quantitative estimate of drug-likeness (QED) is 0.364. The summed E-state index contributed by atoms with van der Waals surface area (Å²) in [6.45, 7) is 11.5. The Labute approximate surface area is 233 Å². The van der Waals surface area contributed by atoms with Gasteiger partial charge >= 0.3 is 6.09 Å². The highest BCUT2D eigenvalue weighted by Gasteiger charge is 2.44. The second-order valence-electron chi connectivity index (χ2n) is 11.6. The molecule has 1 aliphatic carbocycles. The number of nitrogens with zero attached hydrogens (tertiary/aromatic N) is 1. The molecule has 3 unspecified atom stereocenters. The van der Waals surface area contributed by atoms with E-state index in [9.17, 15) is 14.4 Å². The summed E-state index contributed by atoms with van der Waals surface area (Å²) < 4.78 is 5.51. The number of nitrogens with one attached hydrogen (secondary N) is 2. The molecule has 7 nitrogen and oxygen atoms in total. The fourth-order valence-corrected chi connectivity index (χ4v) is 4.75. The van der Waals surface area contributed by atoms with Gasteiger partial charge in [0.25, 0.3) is 0 Å². The maximum atomic E-state index is 14.4. The van der Waals surface area contributed by atoms with Gasteiger partial charge in [-0.2, -0.15) is 0 Å². The zero-order valence-corrected chi connectivity index (χ0v) is 24.3. The van der Waals surface area contributed by atoms with Crippen LogP contribution in [0.15, 0.2) is 54.6 Å². The van der Waals surface area contributed by atoms with E-state index in [0.29, 0.717) is 0 Å². The number of amides is 3. The number of rotatable bonds is 12. The van der Waals surface area contributed by atoms with Crippen molar-refractivity contribution in [3.63, 3.8) is 0 Å². The maximum absolute atomic E-state index is 14.4. The van der Waals surface area contributed by atoms with Gasteiger partial charge in [-0.05, 0) is 70.1 Å². The van der Waals surface area contributed by atoms with Crippen LogP contribution in [-0.4, -0.2) is 46.5 Å². The summed E-state index contributed by atoms with van der Waals surface area (Å²) in [6.07, 6.45) is 3.95. The van der Waals surface area contributed by atoms with Crippen molar-refractivity contribution in [1.29, 1.82) is 0 Å². The average molecular weight is 536 g/mol. The number of hydrogen-bond acceptors (Lipinski definition) is 4. The first kappa shape index (κ1) is 30.2. The van der Waals surface area contributed by atoms with E-state index >= 15 is 0 Å². The fourth-order valence-electron chi connectivity index (χ4n) is 4.75. The molecule has 3 rings (SSSR count). The zero-order chi connectivity index (χ0) is 28.6. The number of benzene rings is 2. The summed E-state index contributed by atoms with van der Waals surface area (Å²) in [5.74, 6) is -0.480. The summed E-state index contributed by atoms with van der Waals surface area (Å²) in [5, 5.41) is 5.97. The van der Waals surface area contributed by atoms with Crippen molar-refractivity contribution in [3.8, 4) is 0 Å². The number of ether oxygens (including phenoxy) is 1. The van der Waals surface area contributed by atoms with Crippen molar-refractivity contribution in [3.05, 3.63) is 71.3 Å². The predicted molar refractivity (Wildman–Crippen MR) is 154 cm³/mol. The van der Waals surface area contributed by atoms with Gasteiger partial charge in [0.15, 0.2) is 0 Å². The standard InChI is InChI=1S/C32H45N3O4/c1-7-12-22(3)33-29(36)28(25-17-15-23(8-2)16-18-25)35(26-19-20-26)30(37)27(21-24-13-10-9-11-14-24)34-31(38)39-32(4,5)6/h9-11,13-18,22,26-28H,7-8,12,19-21H2,1-6H3,(H,33,36)(H,34,38). The van der Waals surface area contributed by atoms with Gasteiger partial charge < -0.3 is 20.3 Å². The average Bonchev–Trinajstić information content (AvgIpc) is 3.71. The normalized spacial score (nSPS) is 15.5. The summed E-state index contributed by atoms with van der Waals surface area (Å²) in [7, 11) is 0. The van der Waals surface area contributed by atoms with Crippen LogP contribution < -0.4 is 10.6 Å². The Morgan fingerprint density at radius 2 is 1.59 bits per heavy atom. The summed E-state index contributed by atoms with van der Waals surface area (Å²) in [5.41, 5.74) is 2.13. The van der Waals surface area contributed by atoms with Gasteiger partial charge in [0.05, 0.1) is 0 Å². The van der Waals surface area contributed by atoms with Crippen molar-refractivity contribution >= 4 is 17.9 Å². The van der Waals surface area contributed by atoms with E-state index in [0.717, 1.165) is 48.8 Å². The molecule has 0 aromatic heterocycles. The Morgan fingerprint density at radius 3 is 2.13 bits per heavy atom. The van der Waals surface area contributed by atoms with E-state index in [-0.39, 0.29) is 30.3 Å². The maximum Gasteiger partial charge on any atom is 0.408 e. The molecule has 0 aliphatic heterocycles. The minimum atomic E-state index is -0.888. The first-order valence-corrected chi connectivity index (χ1v) is 14.3. The van der Waals surface area contributed by atoms with E-state index in [2.05, 4.69) is 24.5 Å². The van der Waals surface area contributed by atoms with Crippen LogP contribution in [0.2, 0.25) is 0 Å². The van der Waals surface area contributed by atoms with Crippen molar-refractivity contribution in [2.75, 3.05) is 0 Å². The van der Waals surface area contributed by atoms with Crippen molar-refractivity contribution < 1.29 is 19.1 Å². The van der Waals surface area contributed by atoms with Crippen LogP contribution in [0.4, 0.5) is 4.79 Å². The Bertz CT molecular complexity index is 1090. The molecule has 0 radical (unpaired) electrons. The second kappa shape index (κ2) is 13.6. The molecule has 39 heavy (non-hydrogen) atoms. The lowest BCUT2D eigenvalue weighted by atomic mass is 9.98. The van der Waals surface area contributed by atoms with Crippen LogP contribution in [0.25, 0.3) is 0 Å². The Balaban J connectivity index is 1.99. The third-order valence-corrected chi connectivity index (χ3v) is 6.81. The molecule has 3 atom stereocenters.